The lowest BCUT2D eigenvalue weighted by atomic mass is 10.3. The highest BCUT2D eigenvalue weighted by Gasteiger charge is 2.20. The second-order valence-corrected chi connectivity index (χ2v) is 7.59. The Morgan fingerprint density at radius 1 is 1.30 bits per heavy atom. The molecule has 0 bridgehead atoms. The lowest BCUT2D eigenvalue weighted by Gasteiger charge is -2.15. The Morgan fingerprint density at radius 2 is 2.04 bits per heavy atom. The van der Waals surface area contributed by atoms with Crippen LogP contribution in [-0.2, 0) is 14.8 Å². The second-order valence-electron chi connectivity index (χ2n) is 4.90. The van der Waals surface area contributed by atoms with E-state index in [1.165, 1.54) is 43.6 Å². The average Bonchev–Trinajstić information content (AvgIpc) is 3.00. The van der Waals surface area contributed by atoms with Crippen molar-refractivity contribution in [3.05, 3.63) is 40.6 Å². The van der Waals surface area contributed by atoms with Crippen LogP contribution in [0.4, 0.5) is 5.69 Å². The molecule has 2 N–H and O–H groups in total. The van der Waals surface area contributed by atoms with Crippen molar-refractivity contribution in [1.82, 2.24) is 4.72 Å². The minimum Gasteiger partial charge on any atom is -0.495 e. The van der Waals surface area contributed by atoms with Gasteiger partial charge in [0.1, 0.15) is 5.75 Å². The number of benzene rings is 1. The minimum atomic E-state index is -3.72. The highest BCUT2D eigenvalue weighted by molar-refractivity contribution is 7.89. The van der Waals surface area contributed by atoms with Gasteiger partial charge in [-0.3, -0.25) is 4.79 Å². The van der Waals surface area contributed by atoms with E-state index in [9.17, 15) is 13.2 Å². The molecule has 0 unspecified atom stereocenters. The Labute approximate surface area is 139 Å². The van der Waals surface area contributed by atoms with Gasteiger partial charge < -0.3 is 10.1 Å². The van der Waals surface area contributed by atoms with Gasteiger partial charge in [-0.2, -0.15) is 0 Å². The first-order valence-corrected chi connectivity index (χ1v) is 9.21. The first-order valence-electron chi connectivity index (χ1n) is 6.85. The number of anilines is 1. The van der Waals surface area contributed by atoms with Crippen LogP contribution in [0.25, 0.3) is 0 Å². The van der Waals surface area contributed by atoms with E-state index in [0.29, 0.717) is 11.4 Å². The highest BCUT2D eigenvalue weighted by atomic mass is 32.2. The van der Waals surface area contributed by atoms with Gasteiger partial charge in [0.05, 0.1) is 23.7 Å². The van der Waals surface area contributed by atoms with Crippen LogP contribution in [0.1, 0.15) is 24.8 Å². The van der Waals surface area contributed by atoms with E-state index in [1.807, 2.05) is 17.5 Å². The van der Waals surface area contributed by atoms with E-state index in [-0.39, 0.29) is 16.8 Å². The molecule has 0 aliphatic rings. The van der Waals surface area contributed by atoms with Crippen molar-refractivity contribution < 1.29 is 17.9 Å². The second kappa shape index (κ2) is 7.12. The maximum Gasteiger partial charge on any atom is 0.241 e. The summed E-state index contributed by atoms with van der Waals surface area (Å²) in [5, 5.41) is 4.45. The molecule has 0 saturated carbocycles. The van der Waals surface area contributed by atoms with Crippen molar-refractivity contribution in [2.24, 2.45) is 0 Å². The molecule has 8 heteroatoms. The molecule has 1 aromatic carbocycles. The molecular formula is C15H18N2O4S2. The highest BCUT2D eigenvalue weighted by Crippen LogP contribution is 2.28. The van der Waals surface area contributed by atoms with Crippen LogP contribution in [0.3, 0.4) is 0 Å². The van der Waals surface area contributed by atoms with Crippen LogP contribution in [-0.4, -0.2) is 21.4 Å². The molecule has 0 aliphatic heterocycles. The van der Waals surface area contributed by atoms with Crippen LogP contribution >= 0.6 is 11.3 Å². The largest absolute Gasteiger partial charge is 0.495 e. The summed E-state index contributed by atoms with van der Waals surface area (Å²) in [5.41, 5.74) is 0.312. The van der Waals surface area contributed by atoms with Crippen molar-refractivity contribution in [3.8, 4) is 5.75 Å². The first kappa shape index (κ1) is 17.5. The molecule has 1 aromatic heterocycles. The van der Waals surface area contributed by atoms with Crippen LogP contribution < -0.4 is 14.8 Å². The van der Waals surface area contributed by atoms with Crippen molar-refractivity contribution in [2.45, 2.75) is 24.8 Å². The fourth-order valence-electron chi connectivity index (χ4n) is 2.04. The van der Waals surface area contributed by atoms with Crippen LogP contribution in [0.2, 0.25) is 0 Å². The molecule has 124 valence electrons. The molecule has 2 rings (SSSR count). The van der Waals surface area contributed by atoms with Gasteiger partial charge in [0.15, 0.2) is 0 Å². The Hall–Kier alpha value is -1.90. The van der Waals surface area contributed by atoms with Crippen molar-refractivity contribution in [3.63, 3.8) is 0 Å². The lowest BCUT2D eigenvalue weighted by Crippen LogP contribution is -2.26. The topological polar surface area (TPSA) is 84.5 Å². The van der Waals surface area contributed by atoms with Gasteiger partial charge in [-0.05, 0) is 36.6 Å². The molecule has 2 aromatic rings. The predicted octanol–water partition coefficient (Wildman–Crippen LogP) is 2.75. The van der Waals surface area contributed by atoms with Crippen molar-refractivity contribution >= 4 is 33.0 Å². The van der Waals surface area contributed by atoms with E-state index >= 15 is 0 Å². The van der Waals surface area contributed by atoms with Gasteiger partial charge in [-0.15, -0.1) is 11.3 Å². The number of amides is 1. The Bertz CT molecular complexity index is 786. The monoisotopic (exact) mass is 354 g/mol. The Morgan fingerprint density at radius 3 is 2.61 bits per heavy atom. The number of thiophene rings is 1. The summed E-state index contributed by atoms with van der Waals surface area (Å²) in [6, 6.07) is 7.72. The fraction of sp³-hybridized carbons (Fsp3) is 0.267. The normalized spacial score (nSPS) is 12.7. The van der Waals surface area contributed by atoms with Gasteiger partial charge in [0.25, 0.3) is 0 Å². The smallest absolute Gasteiger partial charge is 0.241 e. The molecule has 23 heavy (non-hydrogen) atoms. The Kier molecular flexibility index (Phi) is 5.40. The number of ether oxygens (including phenoxy) is 1. The van der Waals surface area contributed by atoms with E-state index in [2.05, 4.69) is 10.0 Å². The number of methoxy groups -OCH3 is 1. The van der Waals surface area contributed by atoms with E-state index in [1.54, 1.807) is 6.92 Å². The number of rotatable bonds is 6. The van der Waals surface area contributed by atoms with E-state index < -0.39 is 10.0 Å². The van der Waals surface area contributed by atoms with Crippen molar-refractivity contribution in [2.75, 3.05) is 12.4 Å². The maximum atomic E-state index is 12.5. The van der Waals surface area contributed by atoms with Gasteiger partial charge in [0, 0.05) is 11.8 Å². The average molecular weight is 354 g/mol. The van der Waals surface area contributed by atoms with Crippen molar-refractivity contribution in [1.29, 1.82) is 0 Å². The molecular weight excluding hydrogens is 336 g/mol. The number of nitrogens with one attached hydrogen (secondary N) is 2. The summed E-state index contributed by atoms with van der Waals surface area (Å²) in [4.78, 5) is 12.2. The minimum absolute atomic E-state index is 0.0606. The molecule has 0 fully saturated rings. The molecule has 0 saturated heterocycles. The molecule has 0 spiro atoms. The standard InChI is InChI=1S/C15H18N2O4S2/c1-10(15-5-4-8-22-15)17-23(19,20)12-6-7-14(21-3)13(9-12)16-11(2)18/h4-10,17H,1-3H3,(H,16,18)/t10-/m1/s1. The third-order valence-electron chi connectivity index (χ3n) is 3.09. The summed E-state index contributed by atoms with van der Waals surface area (Å²) in [6.07, 6.45) is 0. The SMILES string of the molecule is COc1ccc(S(=O)(=O)N[C@H](C)c2cccs2)cc1NC(C)=O. The van der Waals surface area contributed by atoms with E-state index in [4.69, 9.17) is 4.74 Å². The van der Waals surface area contributed by atoms with Crippen LogP contribution in [0.15, 0.2) is 40.6 Å². The van der Waals surface area contributed by atoms with Crippen LogP contribution in [0, 0.1) is 0 Å². The number of hydrogen-bond acceptors (Lipinski definition) is 5. The summed E-state index contributed by atoms with van der Waals surface area (Å²) in [7, 11) is -2.27. The Balaban J connectivity index is 2.30. The summed E-state index contributed by atoms with van der Waals surface area (Å²) >= 11 is 1.48. The third kappa shape index (κ3) is 4.31. The maximum absolute atomic E-state index is 12.5. The quantitative estimate of drug-likeness (QED) is 0.835. The van der Waals surface area contributed by atoms with Crippen LogP contribution in [0.5, 0.6) is 5.75 Å². The summed E-state index contributed by atoms with van der Waals surface area (Å²) in [5.74, 6) is 0.0863. The zero-order chi connectivity index (χ0) is 17.0. The third-order valence-corrected chi connectivity index (χ3v) is 5.69. The number of carbonyl (C=O) groups excluding carboxylic acids is 1. The number of sulfonamides is 1. The summed E-state index contributed by atoms with van der Waals surface area (Å²) in [6.45, 7) is 3.12. The van der Waals surface area contributed by atoms with Gasteiger partial charge in [-0.1, -0.05) is 6.07 Å². The lowest BCUT2D eigenvalue weighted by molar-refractivity contribution is -0.114. The molecule has 1 heterocycles. The van der Waals surface area contributed by atoms with Gasteiger partial charge in [0.2, 0.25) is 15.9 Å². The summed E-state index contributed by atoms with van der Waals surface area (Å²) < 4.78 is 32.8. The molecule has 0 aliphatic carbocycles. The molecule has 0 radical (unpaired) electrons. The zero-order valence-electron chi connectivity index (χ0n) is 13.0. The zero-order valence-corrected chi connectivity index (χ0v) is 14.6. The molecule has 1 atom stereocenters. The predicted molar refractivity (Wildman–Crippen MR) is 90.4 cm³/mol. The molecule has 6 nitrogen and oxygen atoms in total. The molecule has 1 amide bonds. The van der Waals surface area contributed by atoms with Gasteiger partial charge in [-0.25, -0.2) is 13.1 Å². The van der Waals surface area contributed by atoms with Gasteiger partial charge >= 0.3 is 0 Å². The first-order chi connectivity index (χ1) is 10.8. The number of carbonyl (C=O) groups is 1. The number of hydrogen-bond donors (Lipinski definition) is 2. The van der Waals surface area contributed by atoms with E-state index in [0.717, 1.165) is 4.88 Å². The fourth-order valence-corrected chi connectivity index (χ4v) is 4.10.